The van der Waals surface area contributed by atoms with E-state index in [4.69, 9.17) is 0 Å². The minimum atomic E-state index is 0.766. The Hall–Kier alpha value is -0.570. The van der Waals surface area contributed by atoms with Crippen molar-refractivity contribution in [2.75, 3.05) is 19.6 Å². The molecule has 3 heteroatoms. The molecule has 1 rings (SSSR count). The van der Waals surface area contributed by atoms with Crippen LogP contribution < -0.4 is 10.6 Å². The van der Waals surface area contributed by atoms with Gasteiger partial charge in [0.1, 0.15) is 0 Å². The molecular weight excluding hydrogens is 128 g/mol. The van der Waals surface area contributed by atoms with Crippen LogP contribution in [0.15, 0.2) is 0 Å². The first kappa shape index (κ1) is 7.54. The van der Waals surface area contributed by atoms with Crippen molar-refractivity contribution in [1.82, 2.24) is 10.6 Å². The number of rotatable bonds is 4. The zero-order chi connectivity index (χ0) is 7.23. The summed E-state index contributed by atoms with van der Waals surface area (Å²) in [6.45, 7) is 3.10. The van der Waals surface area contributed by atoms with Crippen molar-refractivity contribution in [1.29, 1.82) is 0 Å². The van der Waals surface area contributed by atoms with Crippen LogP contribution in [0.5, 0.6) is 0 Å². The second kappa shape index (κ2) is 4.28. The third kappa shape index (κ3) is 2.35. The predicted octanol–water partition coefficient (Wildman–Crippen LogP) is -0.268. The highest BCUT2D eigenvalue weighted by molar-refractivity contribution is 5.45. The van der Waals surface area contributed by atoms with Gasteiger partial charge in [0.25, 0.3) is 0 Å². The minimum absolute atomic E-state index is 0.766. The molecule has 1 atom stereocenters. The van der Waals surface area contributed by atoms with Gasteiger partial charge in [-0.25, -0.2) is 0 Å². The van der Waals surface area contributed by atoms with Crippen molar-refractivity contribution in [2.45, 2.75) is 12.8 Å². The molecule has 1 amide bonds. The second-order valence-corrected chi connectivity index (χ2v) is 2.72. The number of hydrogen-bond donors (Lipinski definition) is 2. The summed E-state index contributed by atoms with van der Waals surface area (Å²) in [5, 5.41) is 5.95. The van der Waals surface area contributed by atoms with E-state index in [0.717, 1.165) is 38.4 Å². The predicted molar refractivity (Wildman–Crippen MR) is 39.7 cm³/mol. The van der Waals surface area contributed by atoms with E-state index in [1.165, 1.54) is 6.42 Å². The van der Waals surface area contributed by atoms with E-state index in [9.17, 15) is 4.79 Å². The lowest BCUT2D eigenvalue weighted by atomic mass is 10.1. The van der Waals surface area contributed by atoms with Crippen LogP contribution >= 0.6 is 0 Å². The van der Waals surface area contributed by atoms with Gasteiger partial charge in [-0.15, -0.1) is 0 Å². The van der Waals surface area contributed by atoms with Gasteiger partial charge in [-0.3, -0.25) is 4.79 Å². The monoisotopic (exact) mass is 142 g/mol. The standard InChI is InChI=1S/C7H14N2O/c10-6-9-4-2-7-1-3-8-5-7/h6-8H,1-5H2,(H,9,10). The van der Waals surface area contributed by atoms with Gasteiger partial charge in [-0.2, -0.15) is 0 Å². The summed E-state index contributed by atoms with van der Waals surface area (Å²) in [7, 11) is 0. The fourth-order valence-electron chi connectivity index (χ4n) is 1.31. The molecule has 0 bridgehead atoms. The third-order valence-corrected chi connectivity index (χ3v) is 1.94. The third-order valence-electron chi connectivity index (χ3n) is 1.94. The van der Waals surface area contributed by atoms with E-state index < -0.39 is 0 Å². The first-order valence-electron chi connectivity index (χ1n) is 3.81. The average molecular weight is 142 g/mol. The minimum Gasteiger partial charge on any atom is -0.359 e. The average Bonchev–Trinajstić information content (AvgIpc) is 2.41. The van der Waals surface area contributed by atoms with E-state index in [1.807, 2.05) is 0 Å². The second-order valence-electron chi connectivity index (χ2n) is 2.72. The normalized spacial score (nSPS) is 24.6. The van der Waals surface area contributed by atoms with Crippen molar-refractivity contribution in [3.05, 3.63) is 0 Å². The molecule has 0 aliphatic carbocycles. The van der Waals surface area contributed by atoms with Gasteiger partial charge in [0.15, 0.2) is 0 Å². The van der Waals surface area contributed by atoms with Crippen LogP contribution in [0.4, 0.5) is 0 Å². The maximum absolute atomic E-state index is 9.85. The first-order valence-corrected chi connectivity index (χ1v) is 3.81. The summed E-state index contributed by atoms with van der Waals surface area (Å²) in [5.74, 6) is 0.785. The lowest BCUT2D eigenvalue weighted by Gasteiger charge is -2.05. The van der Waals surface area contributed by atoms with E-state index >= 15 is 0 Å². The molecule has 1 fully saturated rings. The van der Waals surface area contributed by atoms with Crippen LogP contribution in [0.1, 0.15) is 12.8 Å². The molecule has 0 radical (unpaired) electrons. The summed E-state index contributed by atoms with van der Waals surface area (Å²) in [6, 6.07) is 0. The van der Waals surface area contributed by atoms with E-state index in [2.05, 4.69) is 10.6 Å². The van der Waals surface area contributed by atoms with E-state index in [1.54, 1.807) is 0 Å². The Morgan fingerprint density at radius 2 is 2.60 bits per heavy atom. The molecular formula is C7H14N2O. The molecule has 0 aromatic heterocycles. The van der Waals surface area contributed by atoms with Crippen molar-refractivity contribution in [2.24, 2.45) is 5.92 Å². The number of hydrogen-bond acceptors (Lipinski definition) is 2. The quantitative estimate of drug-likeness (QED) is 0.419. The summed E-state index contributed by atoms with van der Waals surface area (Å²) in [6.07, 6.45) is 3.15. The summed E-state index contributed by atoms with van der Waals surface area (Å²) in [4.78, 5) is 9.85. The molecule has 0 aromatic rings. The van der Waals surface area contributed by atoms with Crippen molar-refractivity contribution < 1.29 is 4.79 Å². The fraction of sp³-hybridized carbons (Fsp3) is 0.857. The lowest BCUT2D eigenvalue weighted by Crippen LogP contribution is -2.17. The van der Waals surface area contributed by atoms with E-state index in [0.29, 0.717) is 0 Å². The summed E-state index contributed by atoms with van der Waals surface area (Å²) >= 11 is 0. The molecule has 10 heavy (non-hydrogen) atoms. The maximum Gasteiger partial charge on any atom is 0.207 e. The van der Waals surface area contributed by atoms with E-state index in [-0.39, 0.29) is 0 Å². The van der Waals surface area contributed by atoms with Crippen molar-refractivity contribution >= 4 is 6.41 Å². The molecule has 1 saturated heterocycles. The molecule has 0 saturated carbocycles. The molecule has 0 aromatic carbocycles. The first-order chi connectivity index (χ1) is 4.93. The number of carbonyl (C=O) groups is 1. The fourth-order valence-corrected chi connectivity index (χ4v) is 1.31. The molecule has 1 heterocycles. The Morgan fingerprint density at radius 1 is 1.70 bits per heavy atom. The van der Waals surface area contributed by atoms with Gasteiger partial charge >= 0.3 is 0 Å². The topological polar surface area (TPSA) is 41.1 Å². The molecule has 1 aliphatic rings. The van der Waals surface area contributed by atoms with Crippen molar-refractivity contribution in [3.63, 3.8) is 0 Å². The zero-order valence-corrected chi connectivity index (χ0v) is 6.10. The Labute approximate surface area is 61.2 Å². The molecule has 1 aliphatic heterocycles. The summed E-state index contributed by atoms with van der Waals surface area (Å²) in [5.41, 5.74) is 0. The highest BCUT2D eigenvalue weighted by atomic mass is 16.1. The Morgan fingerprint density at radius 3 is 3.20 bits per heavy atom. The zero-order valence-electron chi connectivity index (χ0n) is 6.10. The Balaban J connectivity index is 1.96. The number of nitrogens with one attached hydrogen (secondary N) is 2. The number of carbonyl (C=O) groups excluding carboxylic acids is 1. The lowest BCUT2D eigenvalue weighted by molar-refractivity contribution is -0.109. The number of amides is 1. The van der Waals surface area contributed by atoms with Crippen LogP contribution in [-0.4, -0.2) is 26.0 Å². The van der Waals surface area contributed by atoms with Gasteiger partial charge in [-0.05, 0) is 31.8 Å². The Bertz CT molecular complexity index is 99.8. The molecule has 58 valence electrons. The van der Waals surface area contributed by atoms with Crippen LogP contribution in [0, 0.1) is 5.92 Å². The molecule has 3 nitrogen and oxygen atoms in total. The van der Waals surface area contributed by atoms with Gasteiger partial charge in [0, 0.05) is 6.54 Å². The summed E-state index contributed by atoms with van der Waals surface area (Å²) < 4.78 is 0. The van der Waals surface area contributed by atoms with Gasteiger partial charge in [0.2, 0.25) is 6.41 Å². The van der Waals surface area contributed by atoms with Crippen LogP contribution in [0.25, 0.3) is 0 Å². The molecule has 0 spiro atoms. The molecule has 1 unspecified atom stereocenters. The van der Waals surface area contributed by atoms with Crippen molar-refractivity contribution in [3.8, 4) is 0 Å². The van der Waals surface area contributed by atoms with Gasteiger partial charge in [0.05, 0.1) is 0 Å². The molecule has 2 N–H and O–H groups in total. The van der Waals surface area contributed by atoms with Crippen LogP contribution in [0.3, 0.4) is 0 Å². The highest BCUT2D eigenvalue weighted by Gasteiger charge is 2.12. The maximum atomic E-state index is 9.85. The van der Waals surface area contributed by atoms with Gasteiger partial charge < -0.3 is 10.6 Å². The highest BCUT2D eigenvalue weighted by Crippen LogP contribution is 2.10. The Kier molecular flexibility index (Phi) is 3.22. The van der Waals surface area contributed by atoms with Gasteiger partial charge in [-0.1, -0.05) is 0 Å². The smallest absolute Gasteiger partial charge is 0.207 e. The largest absolute Gasteiger partial charge is 0.359 e. The van der Waals surface area contributed by atoms with Crippen LogP contribution in [-0.2, 0) is 4.79 Å². The van der Waals surface area contributed by atoms with Crippen LogP contribution in [0.2, 0.25) is 0 Å². The SMILES string of the molecule is O=CNCCC1CCNC1.